The zero-order chi connectivity index (χ0) is 17.8. The van der Waals surface area contributed by atoms with Crippen molar-refractivity contribution in [1.29, 1.82) is 0 Å². The van der Waals surface area contributed by atoms with Crippen molar-refractivity contribution in [3.63, 3.8) is 0 Å². The number of rotatable bonds is 4. The molecule has 2 aromatic heterocycles. The number of anilines is 2. The van der Waals surface area contributed by atoms with Crippen LogP contribution in [0.4, 0.5) is 11.5 Å². The number of allylic oxidation sites excluding steroid dienone is 1. The van der Waals surface area contributed by atoms with Crippen LogP contribution in [0.25, 0.3) is 16.8 Å². The van der Waals surface area contributed by atoms with E-state index >= 15 is 0 Å². The molecule has 2 N–H and O–H groups in total. The van der Waals surface area contributed by atoms with Gasteiger partial charge >= 0.3 is 0 Å². The number of aromatic nitrogens is 2. The van der Waals surface area contributed by atoms with E-state index in [4.69, 9.17) is 0 Å². The maximum absolute atomic E-state index is 12.5. The van der Waals surface area contributed by atoms with Crippen molar-refractivity contribution in [2.24, 2.45) is 5.92 Å². The minimum Gasteiger partial charge on any atom is -0.340 e. The van der Waals surface area contributed by atoms with Crippen LogP contribution in [0.2, 0.25) is 0 Å². The predicted octanol–water partition coefficient (Wildman–Crippen LogP) is 5.26. The number of pyridine rings is 2. The average molecular weight is 345 g/mol. The highest BCUT2D eigenvalue weighted by molar-refractivity contribution is 5.97. The summed E-state index contributed by atoms with van der Waals surface area (Å²) in [5.74, 6) is 1.23. The summed E-state index contributed by atoms with van der Waals surface area (Å²) in [4.78, 5) is 19.8. The van der Waals surface area contributed by atoms with Crippen molar-refractivity contribution in [3.8, 4) is 0 Å². The Labute approximate surface area is 153 Å². The molecular formula is C22H23N3O. The van der Waals surface area contributed by atoms with E-state index < -0.39 is 0 Å². The molecule has 1 aromatic carbocycles. The standard InChI is InChI=1S/C22H23N3O/c26-22-20-19(13-14-23-22)17(12-11-16-7-3-1-4-8-16)15-24-21(20)25-18-9-5-2-6-10-18/h2,5-6,9-16H,1,3-4,7-8H2,(H,23,26)(H,24,25). The maximum Gasteiger partial charge on any atom is 0.259 e. The molecule has 0 atom stereocenters. The summed E-state index contributed by atoms with van der Waals surface area (Å²) >= 11 is 0. The van der Waals surface area contributed by atoms with Crippen molar-refractivity contribution in [2.75, 3.05) is 5.32 Å². The first kappa shape index (κ1) is 16.6. The molecule has 0 amide bonds. The largest absolute Gasteiger partial charge is 0.340 e. The molecule has 4 heteroatoms. The Kier molecular flexibility index (Phi) is 4.82. The van der Waals surface area contributed by atoms with Gasteiger partial charge in [-0.25, -0.2) is 4.98 Å². The number of fused-ring (bicyclic) bond motifs is 1. The molecule has 2 heterocycles. The van der Waals surface area contributed by atoms with Gasteiger partial charge in [-0.05, 0) is 37.0 Å². The second-order valence-electron chi connectivity index (χ2n) is 6.91. The minimum absolute atomic E-state index is 0.124. The van der Waals surface area contributed by atoms with Crippen molar-refractivity contribution >= 4 is 28.4 Å². The number of H-pyrrole nitrogens is 1. The van der Waals surface area contributed by atoms with Gasteiger partial charge in [0.05, 0.1) is 5.39 Å². The van der Waals surface area contributed by atoms with Gasteiger partial charge in [0.1, 0.15) is 5.82 Å². The fourth-order valence-corrected chi connectivity index (χ4v) is 3.67. The van der Waals surface area contributed by atoms with E-state index in [1.807, 2.05) is 42.6 Å². The Morgan fingerprint density at radius 2 is 1.88 bits per heavy atom. The van der Waals surface area contributed by atoms with Crippen LogP contribution in [0.3, 0.4) is 0 Å². The zero-order valence-electron chi connectivity index (χ0n) is 14.7. The Bertz CT molecular complexity index is 970. The van der Waals surface area contributed by atoms with E-state index in [9.17, 15) is 4.79 Å². The van der Waals surface area contributed by atoms with E-state index in [0.29, 0.717) is 17.1 Å². The quantitative estimate of drug-likeness (QED) is 0.678. The van der Waals surface area contributed by atoms with Crippen LogP contribution in [0.15, 0.2) is 59.7 Å². The van der Waals surface area contributed by atoms with Gasteiger partial charge in [0.15, 0.2) is 0 Å². The fraction of sp³-hybridized carbons (Fsp3) is 0.273. The third-order valence-corrected chi connectivity index (χ3v) is 5.08. The van der Waals surface area contributed by atoms with E-state index in [1.165, 1.54) is 32.1 Å². The van der Waals surface area contributed by atoms with Crippen molar-refractivity contribution < 1.29 is 0 Å². The smallest absolute Gasteiger partial charge is 0.259 e. The third kappa shape index (κ3) is 3.54. The molecule has 1 aliphatic rings. The molecule has 26 heavy (non-hydrogen) atoms. The molecule has 1 saturated carbocycles. The maximum atomic E-state index is 12.5. The molecule has 0 bridgehead atoms. The highest BCUT2D eigenvalue weighted by Crippen LogP contribution is 2.28. The Hall–Kier alpha value is -2.88. The van der Waals surface area contributed by atoms with Gasteiger partial charge in [0.2, 0.25) is 0 Å². The van der Waals surface area contributed by atoms with Crippen LogP contribution >= 0.6 is 0 Å². The molecule has 1 aliphatic carbocycles. The van der Waals surface area contributed by atoms with Gasteiger partial charge in [-0.2, -0.15) is 0 Å². The molecular weight excluding hydrogens is 322 g/mol. The summed E-state index contributed by atoms with van der Waals surface area (Å²) in [5.41, 5.74) is 1.78. The molecule has 0 radical (unpaired) electrons. The summed E-state index contributed by atoms with van der Waals surface area (Å²) in [6.45, 7) is 0. The number of hydrogen-bond acceptors (Lipinski definition) is 3. The molecule has 0 saturated heterocycles. The number of para-hydroxylation sites is 1. The van der Waals surface area contributed by atoms with Gasteiger partial charge in [0.25, 0.3) is 5.56 Å². The van der Waals surface area contributed by atoms with Gasteiger partial charge < -0.3 is 10.3 Å². The van der Waals surface area contributed by atoms with Gasteiger partial charge in [-0.15, -0.1) is 0 Å². The summed E-state index contributed by atoms with van der Waals surface area (Å²) in [6.07, 6.45) is 14.5. The van der Waals surface area contributed by atoms with Crippen molar-refractivity contribution in [2.45, 2.75) is 32.1 Å². The molecule has 0 spiro atoms. The molecule has 3 aromatic rings. The number of nitrogens with zero attached hydrogens (tertiary/aromatic N) is 1. The van der Waals surface area contributed by atoms with Crippen LogP contribution in [0, 0.1) is 5.92 Å². The molecule has 132 valence electrons. The van der Waals surface area contributed by atoms with Gasteiger partial charge in [0, 0.05) is 29.0 Å². The van der Waals surface area contributed by atoms with Crippen LogP contribution in [0.1, 0.15) is 37.7 Å². The number of nitrogens with one attached hydrogen (secondary N) is 2. The summed E-state index contributed by atoms with van der Waals surface area (Å²) in [7, 11) is 0. The lowest BCUT2D eigenvalue weighted by molar-refractivity contribution is 0.420. The SMILES string of the molecule is O=c1[nH]ccc2c(C=CC3CCCCC3)cnc(Nc3ccccc3)c12. The molecule has 1 fully saturated rings. The Morgan fingerprint density at radius 3 is 2.69 bits per heavy atom. The van der Waals surface area contributed by atoms with Crippen LogP contribution in [-0.2, 0) is 0 Å². The molecule has 4 nitrogen and oxygen atoms in total. The average Bonchev–Trinajstić information content (AvgIpc) is 2.69. The van der Waals surface area contributed by atoms with E-state index in [0.717, 1.165) is 16.6 Å². The zero-order valence-corrected chi connectivity index (χ0v) is 14.7. The lowest BCUT2D eigenvalue weighted by atomic mass is 9.88. The lowest BCUT2D eigenvalue weighted by Crippen LogP contribution is -2.09. The summed E-state index contributed by atoms with van der Waals surface area (Å²) < 4.78 is 0. The van der Waals surface area contributed by atoms with E-state index in [-0.39, 0.29) is 5.56 Å². The first-order chi connectivity index (χ1) is 12.8. The second kappa shape index (κ2) is 7.56. The summed E-state index contributed by atoms with van der Waals surface area (Å²) in [6, 6.07) is 11.7. The predicted molar refractivity (Wildman–Crippen MR) is 108 cm³/mol. The Morgan fingerprint density at radius 1 is 1.08 bits per heavy atom. The highest BCUT2D eigenvalue weighted by atomic mass is 16.1. The first-order valence-electron chi connectivity index (χ1n) is 9.32. The van der Waals surface area contributed by atoms with E-state index in [1.54, 1.807) is 6.20 Å². The molecule has 4 rings (SSSR count). The lowest BCUT2D eigenvalue weighted by Gasteiger charge is -2.17. The molecule has 0 aliphatic heterocycles. The normalized spacial score (nSPS) is 15.5. The molecule has 0 unspecified atom stereocenters. The van der Waals surface area contributed by atoms with Crippen molar-refractivity contribution in [1.82, 2.24) is 9.97 Å². The Balaban J connectivity index is 1.72. The monoisotopic (exact) mass is 345 g/mol. The van der Waals surface area contributed by atoms with Crippen LogP contribution < -0.4 is 10.9 Å². The topological polar surface area (TPSA) is 57.8 Å². The van der Waals surface area contributed by atoms with E-state index in [2.05, 4.69) is 27.4 Å². The van der Waals surface area contributed by atoms with Crippen LogP contribution in [0.5, 0.6) is 0 Å². The van der Waals surface area contributed by atoms with Crippen LogP contribution in [-0.4, -0.2) is 9.97 Å². The van der Waals surface area contributed by atoms with Gasteiger partial charge in [-0.1, -0.05) is 49.6 Å². The number of aromatic amines is 1. The van der Waals surface area contributed by atoms with Crippen molar-refractivity contribution in [3.05, 3.63) is 70.8 Å². The first-order valence-corrected chi connectivity index (χ1v) is 9.32. The second-order valence-corrected chi connectivity index (χ2v) is 6.91. The third-order valence-electron chi connectivity index (χ3n) is 5.08. The number of benzene rings is 1. The minimum atomic E-state index is -0.124. The summed E-state index contributed by atoms with van der Waals surface area (Å²) in [5, 5.41) is 4.79. The fourth-order valence-electron chi connectivity index (χ4n) is 3.67. The number of hydrogen-bond donors (Lipinski definition) is 2. The van der Waals surface area contributed by atoms with Gasteiger partial charge in [-0.3, -0.25) is 4.79 Å². The highest BCUT2D eigenvalue weighted by Gasteiger charge is 2.12.